The first-order valence-corrected chi connectivity index (χ1v) is 7.00. The predicted octanol–water partition coefficient (Wildman–Crippen LogP) is 2.87. The molecular weight excluding hydrogens is 308 g/mol. The summed E-state index contributed by atoms with van der Waals surface area (Å²) in [5.41, 5.74) is 2.15. The molecule has 0 aliphatic carbocycles. The molecule has 0 unspecified atom stereocenters. The fourth-order valence-electron chi connectivity index (χ4n) is 2.21. The number of benzene rings is 1. The van der Waals surface area contributed by atoms with Gasteiger partial charge in [-0.3, -0.25) is 13.9 Å². The monoisotopic (exact) mass is 324 g/mol. The fourth-order valence-corrected chi connectivity index (χ4v) is 2.77. The summed E-state index contributed by atoms with van der Waals surface area (Å²) in [5, 5.41) is 0. The molecular formula is C14H17BrN2O2. The third kappa shape index (κ3) is 2.39. The summed E-state index contributed by atoms with van der Waals surface area (Å²) in [6.45, 7) is 4.03. The first-order valence-electron chi connectivity index (χ1n) is 6.21. The van der Waals surface area contributed by atoms with Crippen LogP contribution in [0.2, 0.25) is 0 Å². The van der Waals surface area contributed by atoms with E-state index in [4.69, 9.17) is 0 Å². The van der Waals surface area contributed by atoms with Gasteiger partial charge < -0.3 is 0 Å². The van der Waals surface area contributed by atoms with Crippen molar-refractivity contribution in [2.45, 2.75) is 20.3 Å². The molecule has 1 heterocycles. The molecule has 0 atom stereocenters. The molecule has 0 spiro atoms. The Kier molecular flexibility index (Phi) is 3.67. The Labute approximate surface area is 120 Å². The van der Waals surface area contributed by atoms with E-state index in [-0.39, 0.29) is 11.5 Å². The van der Waals surface area contributed by atoms with Crippen molar-refractivity contribution >= 4 is 32.7 Å². The highest BCUT2D eigenvalue weighted by atomic mass is 79.9. The molecule has 102 valence electrons. The largest absolute Gasteiger partial charge is 0.328 e. The van der Waals surface area contributed by atoms with Gasteiger partial charge in [-0.2, -0.15) is 0 Å². The average Bonchev–Trinajstić information content (AvgIpc) is 2.53. The molecule has 0 amide bonds. The van der Waals surface area contributed by atoms with Gasteiger partial charge in [-0.05, 0) is 34.0 Å². The van der Waals surface area contributed by atoms with Crippen LogP contribution in [-0.4, -0.2) is 14.9 Å². The minimum absolute atomic E-state index is 0.0876. The smallest absolute Gasteiger partial charge is 0.295 e. The van der Waals surface area contributed by atoms with Crippen molar-refractivity contribution in [2.75, 3.05) is 0 Å². The number of rotatable bonds is 3. The number of carbonyl (C=O) groups excluding carboxylic acids is 1. The number of aryl methyl sites for hydroxylation is 2. The number of ketones is 1. The second kappa shape index (κ2) is 4.96. The van der Waals surface area contributed by atoms with Crippen molar-refractivity contribution in [1.82, 2.24) is 9.13 Å². The van der Waals surface area contributed by atoms with Crippen LogP contribution in [0.4, 0.5) is 0 Å². The zero-order valence-corrected chi connectivity index (χ0v) is 13.1. The Balaban J connectivity index is 2.65. The van der Waals surface area contributed by atoms with Gasteiger partial charge in [0.05, 0.1) is 11.0 Å². The van der Waals surface area contributed by atoms with E-state index in [2.05, 4.69) is 15.9 Å². The van der Waals surface area contributed by atoms with Gasteiger partial charge in [0, 0.05) is 30.6 Å². The number of hydrogen-bond acceptors (Lipinski definition) is 2. The standard InChI is InChI=1S/C14H17BrN2O2/c1-8(2)5-13(18)9-6-11-12(7-10(9)15)17(4)14(19)16(11)3/h6-8H,5H2,1-4H3. The Morgan fingerprint density at radius 3 is 2.26 bits per heavy atom. The van der Waals surface area contributed by atoms with Gasteiger partial charge in [0.25, 0.3) is 0 Å². The number of aromatic nitrogens is 2. The molecule has 19 heavy (non-hydrogen) atoms. The first-order chi connectivity index (χ1) is 8.82. The summed E-state index contributed by atoms with van der Waals surface area (Å²) >= 11 is 3.43. The van der Waals surface area contributed by atoms with E-state index >= 15 is 0 Å². The molecule has 0 aliphatic rings. The van der Waals surface area contributed by atoms with E-state index in [1.807, 2.05) is 19.9 Å². The molecule has 4 nitrogen and oxygen atoms in total. The Bertz CT molecular complexity index is 710. The van der Waals surface area contributed by atoms with Crippen molar-refractivity contribution in [1.29, 1.82) is 0 Å². The summed E-state index contributed by atoms with van der Waals surface area (Å²) in [4.78, 5) is 24.1. The fraction of sp³-hybridized carbons (Fsp3) is 0.429. The lowest BCUT2D eigenvalue weighted by Gasteiger charge is -2.07. The predicted molar refractivity (Wildman–Crippen MR) is 79.6 cm³/mol. The summed E-state index contributed by atoms with van der Waals surface area (Å²) in [7, 11) is 3.45. The van der Waals surface area contributed by atoms with E-state index < -0.39 is 0 Å². The van der Waals surface area contributed by atoms with Gasteiger partial charge in [0.15, 0.2) is 5.78 Å². The van der Waals surface area contributed by atoms with Crippen molar-refractivity contribution in [3.63, 3.8) is 0 Å². The lowest BCUT2D eigenvalue weighted by molar-refractivity contribution is 0.0967. The second-order valence-electron chi connectivity index (χ2n) is 5.24. The molecule has 5 heteroatoms. The number of halogens is 1. The Morgan fingerprint density at radius 1 is 1.21 bits per heavy atom. The van der Waals surface area contributed by atoms with Gasteiger partial charge in [-0.25, -0.2) is 4.79 Å². The summed E-state index contributed by atoms with van der Waals surface area (Å²) in [6.07, 6.45) is 0.505. The van der Waals surface area contributed by atoms with Crippen molar-refractivity contribution < 1.29 is 4.79 Å². The van der Waals surface area contributed by atoms with Crippen molar-refractivity contribution in [2.24, 2.45) is 20.0 Å². The van der Waals surface area contributed by atoms with Crippen LogP contribution in [0.15, 0.2) is 21.4 Å². The number of imidazole rings is 1. The topological polar surface area (TPSA) is 44.0 Å². The molecule has 0 saturated carbocycles. The highest BCUT2D eigenvalue weighted by Gasteiger charge is 2.16. The summed E-state index contributed by atoms with van der Waals surface area (Å²) < 4.78 is 3.89. The Hall–Kier alpha value is -1.36. The van der Waals surface area contributed by atoms with Crippen LogP contribution in [-0.2, 0) is 14.1 Å². The molecule has 0 radical (unpaired) electrons. The van der Waals surface area contributed by atoms with E-state index in [1.165, 1.54) is 0 Å². The lowest BCUT2D eigenvalue weighted by Crippen LogP contribution is -2.19. The molecule has 1 aromatic heterocycles. The molecule has 2 rings (SSSR count). The molecule has 0 fully saturated rings. The third-order valence-electron chi connectivity index (χ3n) is 3.25. The van der Waals surface area contributed by atoms with Gasteiger partial charge in [0.2, 0.25) is 0 Å². The zero-order valence-electron chi connectivity index (χ0n) is 11.5. The summed E-state index contributed by atoms with van der Waals surface area (Å²) in [6, 6.07) is 3.63. The first kappa shape index (κ1) is 14.1. The Morgan fingerprint density at radius 2 is 1.74 bits per heavy atom. The number of Topliss-reactive ketones (excluding diaryl/α,β-unsaturated/α-hetero) is 1. The molecule has 0 saturated heterocycles. The van der Waals surface area contributed by atoms with E-state index in [0.29, 0.717) is 17.9 Å². The highest BCUT2D eigenvalue weighted by molar-refractivity contribution is 9.10. The normalized spacial score (nSPS) is 11.5. The number of fused-ring (bicyclic) bond motifs is 1. The minimum atomic E-state index is -0.0876. The maximum Gasteiger partial charge on any atom is 0.328 e. The highest BCUT2D eigenvalue weighted by Crippen LogP contribution is 2.25. The maximum absolute atomic E-state index is 12.2. The number of nitrogens with zero attached hydrogens (tertiary/aromatic N) is 2. The molecule has 0 aliphatic heterocycles. The number of hydrogen-bond donors (Lipinski definition) is 0. The van der Waals surface area contributed by atoms with Crippen LogP contribution in [0, 0.1) is 5.92 Å². The van der Waals surface area contributed by atoms with Crippen LogP contribution >= 0.6 is 15.9 Å². The molecule has 1 aromatic carbocycles. The van der Waals surface area contributed by atoms with Gasteiger partial charge in [0.1, 0.15) is 0 Å². The van der Waals surface area contributed by atoms with Crippen LogP contribution in [0.5, 0.6) is 0 Å². The third-order valence-corrected chi connectivity index (χ3v) is 3.91. The van der Waals surface area contributed by atoms with Crippen molar-refractivity contribution in [3.05, 3.63) is 32.7 Å². The van der Waals surface area contributed by atoms with Crippen LogP contribution in [0.3, 0.4) is 0 Å². The molecule has 0 bridgehead atoms. The molecule has 0 N–H and O–H groups in total. The van der Waals surface area contributed by atoms with Crippen molar-refractivity contribution in [3.8, 4) is 0 Å². The van der Waals surface area contributed by atoms with E-state index in [1.54, 1.807) is 29.3 Å². The van der Waals surface area contributed by atoms with Crippen LogP contribution in [0.1, 0.15) is 30.6 Å². The number of carbonyl (C=O) groups is 1. The quantitative estimate of drug-likeness (QED) is 0.815. The zero-order chi connectivity index (χ0) is 14.3. The SMILES string of the molecule is CC(C)CC(=O)c1cc2c(cc1Br)n(C)c(=O)n2C. The van der Waals surface area contributed by atoms with E-state index in [0.717, 1.165) is 15.5 Å². The second-order valence-corrected chi connectivity index (χ2v) is 6.10. The average molecular weight is 325 g/mol. The van der Waals surface area contributed by atoms with E-state index in [9.17, 15) is 9.59 Å². The summed E-state index contributed by atoms with van der Waals surface area (Å²) in [5.74, 6) is 0.412. The van der Waals surface area contributed by atoms with Gasteiger partial charge in [-0.1, -0.05) is 13.8 Å². The van der Waals surface area contributed by atoms with Crippen LogP contribution in [0.25, 0.3) is 11.0 Å². The van der Waals surface area contributed by atoms with Gasteiger partial charge >= 0.3 is 5.69 Å². The van der Waals surface area contributed by atoms with Crippen LogP contribution < -0.4 is 5.69 Å². The van der Waals surface area contributed by atoms with Gasteiger partial charge in [-0.15, -0.1) is 0 Å². The minimum Gasteiger partial charge on any atom is -0.295 e. The lowest BCUT2D eigenvalue weighted by atomic mass is 10.0. The molecule has 2 aromatic rings. The maximum atomic E-state index is 12.2.